The van der Waals surface area contributed by atoms with E-state index >= 15 is 0 Å². The summed E-state index contributed by atoms with van der Waals surface area (Å²) in [7, 11) is 1.57. The number of benzene rings is 2. The van der Waals surface area contributed by atoms with Crippen molar-refractivity contribution in [1.29, 1.82) is 5.26 Å². The molecule has 2 heterocycles. The van der Waals surface area contributed by atoms with Crippen molar-refractivity contribution < 1.29 is 23.5 Å². The molecular weight excluding hydrogens is 490 g/mol. The Hall–Kier alpha value is -4.42. The Bertz CT molecular complexity index is 1360. The third kappa shape index (κ3) is 5.88. The minimum atomic E-state index is -0.803. The monoisotopic (exact) mass is 515 g/mol. The number of furan rings is 1. The van der Waals surface area contributed by atoms with Crippen molar-refractivity contribution in [3.8, 4) is 11.8 Å². The van der Waals surface area contributed by atoms with Crippen LogP contribution >= 0.6 is 11.8 Å². The van der Waals surface area contributed by atoms with E-state index in [0.717, 1.165) is 5.56 Å². The number of carbonyl (C=O) groups excluding carboxylic acids is 2. The summed E-state index contributed by atoms with van der Waals surface area (Å²) >= 11 is 1.17. The van der Waals surface area contributed by atoms with E-state index in [4.69, 9.17) is 13.9 Å². The van der Waals surface area contributed by atoms with Crippen molar-refractivity contribution in [2.24, 2.45) is 0 Å². The summed E-state index contributed by atoms with van der Waals surface area (Å²) in [6, 6.07) is 21.9. The number of ether oxygens (including phenoxy) is 2. The molecule has 0 radical (unpaired) electrons. The van der Waals surface area contributed by atoms with Gasteiger partial charge in [0.05, 0.1) is 59.6 Å². The fourth-order valence-corrected chi connectivity index (χ4v) is 4.75. The van der Waals surface area contributed by atoms with Gasteiger partial charge in [-0.05, 0) is 48.9 Å². The maximum atomic E-state index is 13.2. The van der Waals surface area contributed by atoms with E-state index in [1.165, 1.54) is 18.0 Å². The van der Waals surface area contributed by atoms with Crippen molar-refractivity contribution in [3.05, 3.63) is 100 Å². The van der Waals surface area contributed by atoms with Gasteiger partial charge in [0.15, 0.2) is 0 Å². The zero-order valence-electron chi connectivity index (χ0n) is 20.3. The van der Waals surface area contributed by atoms with Crippen LogP contribution in [0.1, 0.15) is 24.2 Å². The molecule has 4 rings (SSSR count). The molecule has 0 bridgehead atoms. The van der Waals surface area contributed by atoms with Gasteiger partial charge in [-0.25, -0.2) is 4.79 Å². The normalized spacial score (nSPS) is 15.0. The molecular formula is C28H25N3O5S. The van der Waals surface area contributed by atoms with Crippen molar-refractivity contribution in [3.63, 3.8) is 0 Å². The first-order chi connectivity index (χ1) is 18.0. The van der Waals surface area contributed by atoms with Crippen LogP contribution in [0.4, 0.5) is 5.69 Å². The average molecular weight is 516 g/mol. The molecule has 0 spiro atoms. The highest BCUT2D eigenvalue weighted by molar-refractivity contribution is 8.03. The predicted molar refractivity (Wildman–Crippen MR) is 141 cm³/mol. The fourth-order valence-electron chi connectivity index (χ4n) is 3.91. The van der Waals surface area contributed by atoms with Gasteiger partial charge in [0, 0.05) is 5.69 Å². The number of nitrogens with one attached hydrogen (secondary N) is 2. The SMILES string of the molecule is CCOC(=O)C1=C(c2ccccc2)NC(SCC(=O)Nc2ccc(OC)cc2)=C(C#N)C1c1ccco1. The topological polar surface area (TPSA) is 114 Å². The Morgan fingerprint density at radius 2 is 1.86 bits per heavy atom. The molecule has 3 aromatic rings. The molecule has 1 aromatic heterocycles. The number of nitrogens with zero attached hydrogens (tertiary/aromatic N) is 1. The van der Waals surface area contributed by atoms with Gasteiger partial charge in [0.2, 0.25) is 5.91 Å². The van der Waals surface area contributed by atoms with Crippen LogP contribution in [-0.2, 0) is 14.3 Å². The summed E-state index contributed by atoms with van der Waals surface area (Å²) in [5, 5.41) is 16.7. The lowest BCUT2D eigenvalue weighted by Gasteiger charge is -2.29. The van der Waals surface area contributed by atoms with Gasteiger partial charge in [-0.2, -0.15) is 5.26 Å². The molecule has 1 amide bonds. The number of methoxy groups -OCH3 is 1. The summed E-state index contributed by atoms with van der Waals surface area (Å²) in [5.41, 5.74) is 2.39. The van der Waals surface area contributed by atoms with Crippen LogP contribution in [-0.4, -0.2) is 31.3 Å². The summed E-state index contributed by atoms with van der Waals surface area (Å²) in [5.74, 6) is -0.467. The zero-order chi connectivity index (χ0) is 26.2. The van der Waals surface area contributed by atoms with E-state index in [1.54, 1.807) is 50.4 Å². The highest BCUT2D eigenvalue weighted by atomic mass is 32.2. The molecule has 1 aliphatic heterocycles. The summed E-state index contributed by atoms with van der Waals surface area (Å²) < 4.78 is 16.2. The maximum Gasteiger partial charge on any atom is 0.337 e. The molecule has 0 fully saturated rings. The number of thioether (sulfide) groups is 1. The van der Waals surface area contributed by atoms with Crippen LogP contribution in [0.3, 0.4) is 0 Å². The molecule has 37 heavy (non-hydrogen) atoms. The van der Waals surface area contributed by atoms with E-state index in [-0.39, 0.29) is 29.4 Å². The van der Waals surface area contributed by atoms with Crippen molar-refractivity contribution in [1.82, 2.24) is 5.32 Å². The molecule has 0 aliphatic carbocycles. The summed E-state index contributed by atoms with van der Waals surface area (Å²) in [6.45, 7) is 1.90. The van der Waals surface area contributed by atoms with Crippen LogP contribution in [0, 0.1) is 11.3 Å². The number of esters is 1. The van der Waals surface area contributed by atoms with Gasteiger partial charge in [0.25, 0.3) is 0 Å². The molecule has 1 aliphatic rings. The number of anilines is 1. The van der Waals surface area contributed by atoms with Crippen LogP contribution in [0.25, 0.3) is 5.70 Å². The molecule has 9 heteroatoms. The lowest BCUT2D eigenvalue weighted by atomic mass is 9.84. The van der Waals surface area contributed by atoms with E-state index in [9.17, 15) is 14.9 Å². The van der Waals surface area contributed by atoms with Crippen LogP contribution < -0.4 is 15.4 Å². The Morgan fingerprint density at radius 1 is 1.11 bits per heavy atom. The number of hydrogen-bond acceptors (Lipinski definition) is 8. The smallest absolute Gasteiger partial charge is 0.337 e. The van der Waals surface area contributed by atoms with Crippen molar-refractivity contribution in [2.45, 2.75) is 12.8 Å². The lowest BCUT2D eigenvalue weighted by molar-refractivity contribution is -0.138. The Morgan fingerprint density at radius 3 is 2.49 bits per heavy atom. The van der Waals surface area contributed by atoms with Gasteiger partial charge in [-0.15, -0.1) is 0 Å². The van der Waals surface area contributed by atoms with Gasteiger partial charge in [-0.1, -0.05) is 42.1 Å². The largest absolute Gasteiger partial charge is 0.497 e. The number of nitriles is 1. The number of rotatable bonds is 9. The second-order valence-corrected chi connectivity index (χ2v) is 8.85. The number of amides is 1. The van der Waals surface area contributed by atoms with Gasteiger partial charge < -0.3 is 24.5 Å². The zero-order valence-corrected chi connectivity index (χ0v) is 21.1. The van der Waals surface area contributed by atoms with Gasteiger partial charge in [0.1, 0.15) is 11.5 Å². The quantitative estimate of drug-likeness (QED) is 0.380. The average Bonchev–Trinajstić information content (AvgIpc) is 3.47. The van der Waals surface area contributed by atoms with Crippen LogP contribution in [0.2, 0.25) is 0 Å². The first-order valence-corrected chi connectivity index (χ1v) is 12.5. The first kappa shape index (κ1) is 25.7. The summed E-state index contributed by atoms with van der Waals surface area (Å²) in [4.78, 5) is 25.9. The van der Waals surface area contributed by atoms with E-state index in [2.05, 4.69) is 16.7 Å². The molecule has 1 unspecified atom stereocenters. The van der Waals surface area contributed by atoms with E-state index in [1.807, 2.05) is 30.3 Å². The van der Waals surface area contributed by atoms with E-state index < -0.39 is 11.9 Å². The predicted octanol–water partition coefficient (Wildman–Crippen LogP) is 5.06. The molecule has 2 aromatic carbocycles. The summed E-state index contributed by atoms with van der Waals surface area (Å²) in [6.07, 6.45) is 1.49. The van der Waals surface area contributed by atoms with Gasteiger partial charge >= 0.3 is 5.97 Å². The van der Waals surface area contributed by atoms with Crippen LogP contribution in [0.5, 0.6) is 5.75 Å². The third-order valence-electron chi connectivity index (χ3n) is 5.56. The fraction of sp³-hybridized carbons (Fsp3) is 0.179. The second kappa shape index (κ2) is 12.0. The number of dihydropyridines is 1. The Kier molecular flexibility index (Phi) is 8.33. The second-order valence-electron chi connectivity index (χ2n) is 7.87. The number of carbonyl (C=O) groups is 2. The van der Waals surface area contributed by atoms with Crippen molar-refractivity contribution in [2.75, 3.05) is 24.8 Å². The molecule has 8 nitrogen and oxygen atoms in total. The molecule has 0 saturated carbocycles. The molecule has 2 N–H and O–H groups in total. The molecule has 0 saturated heterocycles. The molecule has 188 valence electrons. The van der Waals surface area contributed by atoms with Crippen LogP contribution in [0.15, 0.2) is 93.6 Å². The van der Waals surface area contributed by atoms with Gasteiger partial charge in [-0.3, -0.25) is 4.79 Å². The lowest BCUT2D eigenvalue weighted by Crippen LogP contribution is -2.29. The standard InChI is InChI=1S/C28H25N3O5S/c1-3-35-28(33)25-24(22-10-7-15-36-22)21(16-29)27(31-26(25)18-8-5-4-6-9-18)37-17-23(32)30-19-11-13-20(34-2)14-12-19/h4-15,24,31H,3,17H2,1-2H3,(H,30,32). The number of allylic oxidation sites excluding steroid dienone is 1. The number of hydrogen-bond donors (Lipinski definition) is 2. The Balaban J connectivity index is 1.68. The van der Waals surface area contributed by atoms with Crippen molar-refractivity contribution >= 4 is 35.0 Å². The Labute approximate surface area is 218 Å². The van der Waals surface area contributed by atoms with E-state index in [0.29, 0.717) is 27.9 Å². The molecule has 1 atom stereocenters. The highest BCUT2D eigenvalue weighted by Crippen LogP contribution is 2.43. The maximum absolute atomic E-state index is 13.2. The highest BCUT2D eigenvalue weighted by Gasteiger charge is 2.38. The third-order valence-corrected chi connectivity index (χ3v) is 6.57. The minimum Gasteiger partial charge on any atom is -0.497 e. The first-order valence-electron chi connectivity index (χ1n) is 11.5. The minimum absolute atomic E-state index is 0.0290.